The molecule has 1 unspecified atom stereocenters. The summed E-state index contributed by atoms with van der Waals surface area (Å²) in [4.78, 5) is 16.7. The second-order valence-corrected chi connectivity index (χ2v) is 7.37. The number of aromatic nitrogens is 2. The molecule has 1 aromatic carbocycles. The van der Waals surface area contributed by atoms with Crippen LogP contribution in [0.2, 0.25) is 5.02 Å². The van der Waals surface area contributed by atoms with Gasteiger partial charge in [-0.3, -0.25) is 4.79 Å². The molecule has 0 bridgehead atoms. The van der Waals surface area contributed by atoms with E-state index in [2.05, 4.69) is 20.8 Å². The molecule has 4 rings (SSSR count). The molecule has 2 N–H and O–H groups in total. The fraction of sp³-hybridized carbons (Fsp3) is 0.500. The highest BCUT2D eigenvalue weighted by atomic mass is 35.5. The normalized spacial score (nSPS) is 21.2. The molecule has 1 saturated heterocycles. The summed E-state index contributed by atoms with van der Waals surface area (Å²) < 4.78 is 5.26. The van der Waals surface area contributed by atoms with Gasteiger partial charge in [0.15, 0.2) is 0 Å². The molecule has 1 aromatic heterocycles. The summed E-state index contributed by atoms with van der Waals surface area (Å²) in [7, 11) is 0. The lowest BCUT2D eigenvalue weighted by molar-refractivity contribution is -0.123. The van der Waals surface area contributed by atoms with E-state index in [-0.39, 0.29) is 17.2 Å². The lowest BCUT2D eigenvalue weighted by Crippen LogP contribution is -2.34. The molecule has 2 aliphatic rings. The minimum atomic E-state index is 0.163. The van der Waals surface area contributed by atoms with Crippen LogP contribution in [0.3, 0.4) is 0 Å². The summed E-state index contributed by atoms with van der Waals surface area (Å²) in [5.74, 6) is 1.37. The molecule has 6 nitrogen and oxygen atoms in total. The first-order chi connectivity index (χ1) is 12.2. The molecule has 2 fully saturated rings. The molecule has 1 amide bonds. The molecule has 25 heavy (non-hydrogen) atoms. The van der Waals surface area contributed by atoms with E-state index in [1.165, 1.54) is 0 Å². The number of nitrogens with zero attached hydrogens (tertiary/aromatic N) is 2. The fourth-order valence-corrected chi connectivity index (χ4v) is 3.90. The van der Waals surface area contributed by atoms with Gasteiger partial charge in [0.05, 0.1) is 0 Å². The van der Waals surface area contributed by atoms with Crippen LogP contribution in [-0.2, 0) is 11.2 Å². The van der Waals surface area contributed by atoms with E-state index in [0.29, 0.717) is 29.7 Å². The van der Waals surface area contributed by atoms with E-state index in [0.717, 1.165) is 37.9 Å². The molecular formula is C18H21ClN4O2. The zero-order chi connectivity index (χ0) is 17.3. The molecular weight excluding hydrogens is 340 g/mol. The van der Waals surface area contributed by atoms with Gasteiger partial charge < -0.3 is 15.2 Å². The molecule has 1 aliphatic carbocycles. The van der Waals surface area contributed by atoms with Gasteiger partial charge in [-0.25, -0.2) is 0 Å². The maximum atomic E-state index is 12.3. The fourth-order valence-electron chi connectivity index (χ4n) is 3.71. The van der Waals surface area contributed by atoms with Gasteiger partial charge in [0.2, 0.25) is 17.6 Å². The molecule has 132 valence electrons. The molecule has 1 spiro atoms. The summed E-state index contributed by atoms with van der Waals surface area (Å²) in [6.07, 6.45) is 3.77. The quantitative estimate of drug-likeness (QED) is 0.856. The number of piperidine rings is 1. The van der Waals surface area contributed by atoms with Gasteiger partial charge in [-0.2, -0.15) is 4.98 Å². The van der Waals surface area contributed by atoms with Gasteiger partial charge in [-0.1, -0.05) is 28.9 Å². The Bertz CT molecular complexity index is 770. The number of carbonyl (C=O) groups excluding carboxylic acids is 1. The second kappa shape index (κ2) is 6.77. The van der Waals surface area contributed by atoms with Crippen LogP contribution in [0, 0.1) is 11.3 Å². The van der Waals surface area contributed by atoms with Crippen molar-refractivity contribution in [1.29, 1.82) is 0 Å². The molecule has 1 atom stereocenters. The van der Waals surface area contributed by atoms with Crippen molar-refractivity contribution in [1.82, 2.24) is 20.8 Å². The predicted octanol–water partition coefficient (Wildman–Crippen LogP) is 2.44. The number of carbonyl (C=O) groups is 1. The highest BCUT2D eigenvalue weighted by Crippen LogP contribution is 2.58. The molecule has 2 heterocycles. The third-order valence-corrected chi connectivity index (χ3v) is 5.53. The van der Waals surface area contributed by atoms with Crippen LogP contribution < -0.4 is 10.6 Å². The Balaban J connectivity index is 1.27. The van der Waals surface area contributed by atoms with E-state index >= 15 is 0 Å². The summed E-state index contributed by atoms with van der Waals surface area (Å²) >= 11 is 5.98. The van der Waals surface area contributed by atoms with Crippen molar-refractivity contribution in [3.05, 3.63) is 35.2 Å². The maximum absolute atomic E-state index is 12.3. The number of hydrogen-bond acceptors (Lipinski definition) is 5. The number of hydrogen-bond donors (Lipinski definition) is 2. The average molecular weight is 361 g/mol. The Hall–Kier alpha value is -1.92. The Morgan fingerprint density at radius 3 is 3.04 bits per heavy atom. The van der Waals surface area contributed by atoms with E-state index in [1.54, 1.807) is 12.1 Å². The lowest BCUT2D eigenvalue weighted by atomic mass is 9.92. The van der Waals surface area contributed by atoms with Gasteiger partial charge in [0.1, 0.15) is 0 Å². The van der Waals surface area contributed by atoms with E-state index in [1.807, 2.05) is 12.1 Å². The van der Waals surface area contributed by atoms with Crippen molar-refractivity contribution in [2.24, 2.45) is 11.3 Å². The zero-order valence-corrected chi connectivity index (χ0v) is 14.7. The van der Waals surface area contributed by atoms with Crippen molar-refractivity contribution in [3.63, 3.8) is 0 Å². The molecule has 0 radical (unpaired) electrons. The topological polar surface area (TPSA) is 80.1 Å². The van der Waals surface area contributed by atoms with Gasteiger partial charge in [0.25, 0.3) is 0 Å². The van der Waals surface area contributed by atoms with Gasteiger partial charge in [-0.05, 0) is 49.9 Å². The van der Waals surface area contributed by atoms with Crippen LogP contribution >= 0.6 is 11.6 Å². The summed E-state index contributed by atoms with van der Waals surface area (Å²) in [6.45, 7) is 2.57. The first-order valence-electron chi connectivity index (χ1n) is 8.73. The van der Waals surface area contributed by atoms with E-state index in [4.69, 9.17) is 16.1 Å². The Morgan fingerprint density at radius 2 is 2.24 bits per heavy atom. The largest absolute Gasteiger partial charge is 0.355 e. The number of benzene rings is 1. The molecule has 7 heteroatoms. The molecule has 1 saturated carbocycles. The van der Waals surface area contributed by atoms with Crippen LogP contribution in [0.25, 0.3) is 11.4 Å². The van der Waals surface area contributed by atoms with Crippen LogP contribution in [-0.4, -0.2) is 35.7 Å². The van der Waals surface area contributed by atoms with Gasteiger partial charge >= 0.3 is 0 Å². The lowest BCUT2D eigenvalue weighted by Gasteiger charge is -2.23. The second-order valence-electron chi connectivity index (χ2n) is 6.93. The number of amides is 1. The SMILES string of the molecule is O=C(NCCc1nc(-c2cccc(Cl)c2)no1)C1CC12CCNCC2. The molecule has 2 aromatic rings. The average Bonchev–Trinajstić information content (AvgIpc) is 3.10. The maximum Gasteiger partial charge on any atom is 0.228 e. The van der Waals surface area contributed by atoms with Crippen molar-refractivity contribution in [3.8, 4) is 11.4 Å². The third kappa shape index (κ3) is 3.55. The van der Waals surface area contributed by atoms with Gasteiger partial charge in [-0.15, -0.1) is 0 Å². The van der Waals surface area contributed by atoms with Crippen LogP contribution in [0.15, 0.2) is 28.8 Å². The monoisotopic (exact) mass is 360 g/mol. The predicted molar refractivity (Wildman–Crippen MR) is 94.1 cm³/mol. The summed E-state index contributed by atoms with van der Waals surface area (Å²) in [5, 5.41) is 11.0. The van der Waals surface area contributed by atoms with Crippen LogP contribution in [0.4, 0.5) is 0 Å². The summed E-state index contributed by atoms with van der Waals surface area (Å²) in [5.41, 5.74) is 1.08. The van der Waals surface area contributed by atoms with Crippen molar-refractivity contribution < 1.29 is 9.32 Å². The minimum Gasteiger partial charge on any atom is -0.355 e. The van der Waals surface area contributed by atoms with Crippen molar-refractivity contribution in [2.45, 2.75) is 25.7 Å². The Morgan fingerprint density at radius 1 is 1.40 bits per heavy atom. The summed E-state index contributed by atoms with van der Waals surface area (Å²) in [6, 6.07) is 7.33. The standard InChI is InChI=1S/C18H21ClN4O2/c19-13-3-1-2-12(10-13)16-22-15(25-23-16)4-7-21-17(24)14-11-18(14)5-8-20-9-6-18/h1-3,10,14,20H,4-9,11H2,(H,21,24). The minimum absolute atomic E-state index is 0.163. The first-order valence-corrected chi connectivity index (χ1v) is 9.11. The highest BCUT2D eigenvalue weighted by molar-refractivity contribution is 6.30. The Kier molecular flexibility index (Phi) is 4.48. The number of halogens is 1. The zero-order valence-electron chi connectivity index (χ0n) is 13.9. The Labute approximate surface area is 151 Å². The van der Waals surface area contributed by atoms with Crippen molar-refractivity contribution in [2.75, 3.05) is 19.6 Å². The van der Waals surface area contributed by atoms with Crippen LogP contribution in [0.1, 0.15) is 25.2 Å². The number of nitrogens with one attached hydrogen (secondary N) is 2. The van der Waals surface area contributed by atoms with Crippen LogP contribution in [0.5, 0.6) is 0 Å². The van der Waals surface area contributed by atoms with Crippen molar-refractivity contribution >= 4 is 17.5 Å². The smallest absolute Gasteiger partial charge is 0.228 e. The van der Waals surface area contributed by atoms with Gasteiger partial charge in [0, 0.05) is 29.5 Å². The first kappa shape index (κ1) is 16.5. The number of rotatable bonds is 5. The third-order valence-electron chi connectivity index (χ3n) is 5.29. The molecule has 1 aliphatic heterocycles. The van der Waals surface area contributed by atoms with E-state index in [9.17, 15) is 4.79 Å². The highest BCUT2D eigenvalue weighted by Gasteiger charge is 2.57. The van der Waals surface area contributed by atoms with E-state index < -0.39 is 0 Å².